The number of carbonyl (C=O) groups excluding carboxylic acids is 1. The molecule has 0 saturated carbocycles. The minimum Gasteiger partial charge on any atom is -0.480 e. The summed E-state index contributed by atoms with van der Waals surface area (Å²) in [5.74, 6) is -1.33. The molecule has 0 spiro atoms. The molecule has 0 fully saturated rings. The number of rotatable bonds is 5. The molecular weight excluding hydrogens is 222 g/mol. The normalized spacial score (nSPS) is 13.4. The van der Waals surface area contributed by atoms with Crippen LogP contribution in [0.4, 0.5) is 0 Å². The molecule has 1 amide bonds. The van der Waals surface area contributed by atoms with Crippen LogP contribution in [-0.4, -0.2) is 33.5 Å². The molecule has 0 aliphatic heterocycles. The van der Waals surface area contributed by atoms with E-state index in [0.717, 1.165) is 0 Å². The lowest BCUT2D eigenvalue weighted by molar-refractivity contribution is -0.141. The average molecular weight is 237 g/mol. The third-order valence-corrected chi connectivity index (χ3v) is 1.93. The van der Waals surface area contributed by atoms with Gasteiger partial charge in [-0.2, -0.15) is 25.3 Å². The fourth-order valence-corrected chi connectivity index (χ4v) is 1.21. The van der Waals surface area contributed by atoms with Crippen LogP contribution in [0.25, 0.3) is 0 Å². The van der Waals surface area contributed by atoms with Crippen LogP contribution in [0.2, 0.25) is 0 Å². The number of carboxylic acids is 1. The molecule has 2 N–H and O–H groups in total. The zero-order valence-corrected chi connectivity index (χ0v) is 9.94. The molecule has 14 heavy (non-hydrogen) atoms. The first-order chi connectivity index (χ1) is 6.26. The Bertz CT molecular complexity index is 225. The second-order valence-electron chi connectivity index (χ2n) is 3.63. The Morgan fingerprint density at radius 1 is 1.50 bits per heavy atom. The van der Waals surface area contributed by atoms with Gasteiger partial charge in [0, 0.05) is 16.9 Å². The number of carboxylic acid groups (broad SMARTS) is 1. The number of amides is 1. The van der Waals surface area contributed by atoms with Crippen molar-refractivity contribution in [1.82, 2.24) is 5.32 Å². The fourth-order valence-electron chi connectivity index (χ4n) is 0.824. The van der Waals surface area contributed by atoms with E-state index in [0.29, 0.717) is 0 Å². The highest BCUT2D eigenvalue weighted by Gasteiger charge is 2.22. The third kappa shape index (κ3) is 6.15. The third-order valence-electron chi connectivity index (χ3n) is 1.41. The van der Waals surface area contributed by atoms with Gasteiger partial charge in [0.15, 0.2) is 0 Å². The minimum absolute atomic E-state index is 0.0775. The molecule has 0 bridgehead atoms. The Hall–Kier alpha value is -0.360. The molecule has 1 unspecified atom stereocenters. The first-order valence-corrected chi connectivity index (χ1v) is 5.19. The van der Waals surface area contributed by atoms with Crippen LogP contribution in [0.1, 0.15) is 20.3 Å². The number of nitrogens with one attached hydrogen (secondary N) is 1. The molecule has 0 radical (unpaired) electrons. The summed E-state index contributed by atoms with van der Waals surface area (Å²) in [6.45, 7) is 3.57. The first-order valence-electron chi connectivity index (χ1n) is 4.11. The van der Waals surface area contributed by atoms with E-state index in [1.807, 2.05) is 0 Å². The molecule has 0 aromatic carbocycles. The summed E-state index contributed by atoms with van der Waals surface area (Å²) in [6, 6.07) is -0.929. The SMILES string of the molecule is CC(C)(S)CC(=O)NC(CS)C(=O)O. The van der Waals surface area contributed by atoms with E-state index in [4.69, 9.17) is 5.11 Å². The van der Waals surface area contributed by atoms with Crippen molar-refractivity contribution in [2.24, 2.45) is 0 Å². The van der Waals surface area contributed by atoms with Gasteiger partial charge in [-0.3, -0.25) is 4.79 Å². The van der Waals surface area contributed by atoms with Gasteiger partial charge in [-0.05, 0) is 0 Å². The molecule has 0 aliphatic carbocycles. The van der Waals surface area contributed by atoms with Gasteiger partial charge in [-0.1, -0.05) is 13.8 Å². The zero-order chi connectivity index (χ0) is 11.4. The van der Waals surface area contributed by atoms with E-state index in [1.54, 1.807) is 13.8 Å². The average Bonchev–Trinajstić information content (AvgIpc) is 1.96. The highest BCUT2D eigenvalue weighted by atomic mass is 32.1. The van der Waals surface area contributed by atoms with Crippen LogP contribution >= 0.6 is 25.3 Å². The lowest BCUT2D eigenvalue weighted by Gasteiger charge is -2.18. The molecule has 0 heterocycles. The Morgan fingerprint density at radius 2 is 2.00 bits per heavy atom. The number of aliphatic carboxylic acids is 1. The van der Waals surface area contributed by atoms with E-state index in [9.17, 15) is 9.59 Å². The van der Waals surface area contributed by atoms with Gasteiger partial charge in [0.1, 0.15) is 6.04 Å². The quantitative estimate of drug-likeness (QED) is 0.529. The second-order valence-corrected chi connectivity index (χ2v) is 5.21. The lowest BCUT2D eigenvalue weighted by atomic mass is 10.1. The van der Waals surface area contributed by atoms with Gasteiger partial charge in [0.05, 0.1) is 0 Å². The van der Waals surface area contributed by atoms with Crippen LogP contribution in [-0.2, 0) is 9.59 Å². The summed E-state index contributed by atoms with van der Waals surface area (Å²) >= 11 is 8.00. The van der Waals surface area contributed by atoms with Crippen molar-refractivity contribution < 1.29 is 14.7 Å². The predicted octanol–water partition coefficient (Wildman–Crippen LogP) is 0.584. The Balaban J connectivity index is 4.11. The molecule has 1 atom stereocenters. The van der Waals surface area contributed by atoms with Gasteiger partial charge in [-0.25, -0.2) is 4.79 Å². The zero-order valence-electron chi connectivity index (χ0n) is 8.15. The van der Waals surface area contributed by atoms with Crippen LogP contribution in [0.3, 0.4) is 0 Å². The standard InChI is InChI=1S/C8H15NO3S2/c1-8(2,14)3-6(10)9-5(4-13)7(11)12/h5,13-14H,3-4H2,1-2H3,(H,9,10)(H,11,12). The van der Waals surface area contributed by atoms with Crippen molar-refractivity contribution in [3.8, 4) is 0 Å². The molecule has 0 aliphatic rings. The number of hydrogen-bond donors (Lipinski definition) is 4. The van der Waals surface area contributed by atoms with Gasteiger partial charge in [0.25, 0.3) is 0 Å². The highest BCUT2D eigenvalue weighted by molar-refractivity contribution is 7.81. The molecule has 6 heteroatoms. The number of thiol groups is 2. The summed E-state index contributed by atoms with van der Waals surface area (Å²) in [5, 5.41) is 11.0. The molecular formula is C8H15NO3S2. The Morgan fingerprint density at radius 3 is 2.29 bits per heavy atom. The van der Waals surface area contributed by atoms with Crippen molar-refractivity contribution in [3.63, 3.8) is 0 Å². The van der Waals surface area contributed by atoms with E-state index in [-0.39, 0.29) is 18.1 Å². The Labute approximate surface area is 94.3 Å². The van der Waals surface area contributed by atoms with Crippen molar-refractivity contribution in [1.29, 1.82) is 0 Å². The van der Waals surface area contributed by atoms with Gasteiger partial charge < -0.3 is 10.4 Å². The summed E-state index contributed by atoms with van der Waals surface area (Å²) in [4.78, 5) is 21.8. The van der Waals surface area contributed by atoms with Crippen LogP contribution in [0.5, 0.6) is 0 Å². The molecule has 82 valence electrons. The molecule has 0 aromatic heterocycles. The lowest BCUT2D eigenvalue weighted by Crippen LogP contribution is -2.43. The smallest absolute Gasteiger partial charge is 0.327 e. The van der Waals surface area contributed by atoms with Crippen LogP contribution < -0.4 is 5.32 Å². The molecule has 0 rings (SSSR count). The monoisotopic (exact) mass is 237 g/mol. The van der Waals surface area contributed by atoms with E-state index < -0.39 is 16.8 Å². The van der Waals surface area contributed by atoms with E-state index in [2.05, 4.69) is 30.6 Å². The predicted molar refractivity (Wildman–Crippen MR) is 61.1 cm³/mol. The summed E-state index contributed by atoms with van der Waals surface area (Å²) in [7, 11) is 0. The highest BCUT2D eigenvalue weighted by Crippen LogP contribution is 2.16. The van der Waals surface area contributed by atoms with Crippen molar-refractivity contribution in [3.05, 3.63) is 0 Å². The number of carbonyl (C=O) groups is 2. The number of hydrogen-bond acceptors (Lipinski definition) is 4. The second kappa shape index (κ2) is 5.50. The fraction of sp³-hybridized carbons (Fsp3) is 0.750. The molecule has 4 nitrogen and oxygen atoms in total. The van der Waals surface area contributed by atoms with Crippen molar-refractivity contribution >= 4 is 37.1 Å². The topological polar surface area (TPSA) is 66.4 Å². The van der Waals surface area contributed by atoms with Gasteiger partial charge in [0.2, 0.25) is 5.91 Å². The maximum atomic E-state index is 11.3. The molecule has 0 saturated heterocycles. The molecule has 0 aromatic rings. The summed E-state index contributed by atoms with van der Waals surface area (Å²) < 4.78 is -0.441. The largest absolute Gasteiger partial charge is 0.480 e. The van der Waals surface area contributed by atoms with Gasteiger partial charge in [-0.15, -0.1) is 0 Å². The van der Waals surface area contributed by atoms with Crippen LogP contribution in [0, 0.1) is 0 Å². The summed E-state index contributed by atoms with van der Waals surface area (Å²) in [6.07, 6.45) is 0.174. The van der Waals surface area contributed by atoms with Crippen LogP contribution in [0.15, 0.2) is 0 Å². The van der Waals surface area contributed by atoms with Crippen molar-refractivity contribution in [2.45, 2.75) is 31.1 Å². The maximum absolute atomic E-state index is 11.3. The summed E-state index contributed by atoms with van der Waals surface area (Å²) in [5.41, 5.74) is 0. The van der Waals surface area contributed by atoms with E-state index >= 15 is 0 Å². The Kier molecular flexibility index (Phi) is 5.36. The van der Waals surface area contributed by atoms with E-state index in [1.165, 1.54) is 0 Å². The van der Waals surface area contributed by atoms with Gasteiger partial charge >= 0.3 is 5.97 Å². The maximum Gasteiger partial charge on any atom is 0.327 e. The first kappa shape index (κ1) is 13.6. The van der Waals surface area contributed by atoms with Crippen molar-refractivity contribution in [2.75, 3.05) is 5.75 Å². The minimum atomic E-state index is -1.08.